The van der Waals surface area contributed by atoms with Gasteiger partial charge in [0.05, 0.1) is 6.33 Å². The van der Waals surface area contributed by atoms with E-state index in [-0.39, 0.29) is 0 Å². The number of aryl methyl sites for hydroxylation is 2. The third kappa shape index (κ3) is 2.76. The molecule has 1 aromatic rings. The number of hydrogen-bond acceptors (Lipinski definition) is 2. The molecule has 0 bridgehead atoms. The first-order valence-corrected chi connectivity index (χ1v) is 6.94. The van der Waals surface area contributed by atoms with Gasteiger partial charge in [0.2, 0.25) is 0 Å². The zero-order chi connectivity index (χ0) is 12.1. The molecule has 0 radical (unpaired) electrons. The summed E-state index contributed by atoms with van der Waals surface area (Å²) in [5, 5.41) is 0. The third-order valence-corrected chi connectivity index (χ3v) is 3.28. The van der Waals surface area contributed by atoms with Crippen LogP contribution in [0.4, 0.5) is 0 Å². The van der Waals surface area contributed by atoms with E-state index in [1.165, 1.54) is 29.6 Å². The molecule has 0 saturated heterocycles. The van der Waals surface area contributed by atoms with Crippen LogP contribution in [0.1, 0.15) is 50.8 Å². The molecule has 3 heteroatoms. The highest BCUT2D eigenvalue weighted by Gasteiger charge is 2.13. The lowest BCUT2D eigenvalue weighted by Crippen LogP contribution is -2.29. The van der Waals surface area contributed by atoms with Crippen LogP contribution >= 0.6 is 0 Å². The lowest BCUT2D eigenvalue weighted by atomic mass is 9.97. The molecule has 0 N–H and O–H groups in total. The second-order valence-electron chi connectivity index (χ2n) is 4.78. The van der Waals surface area contributed by atoms with Gasteiger partial charge >= 0.3 is 0 Å². The van der Waals surface area contributed by atoms with Crippen molar-refractivity contribution in [1.82, 2.24) is 9.55 Å². The van der Waals surface area contributed by atoms with Crippen molar-refractivity contribution in [2.75, 3.05) is 6.54 Å². The number of fused-ring (bicyclic) bond motifs is 1. The Morgan fingerprint density at radius 2 is 2.06 bits per heavy atom. The molecule has 0 aromatic carbocycles. The Hall–Kier alpha value is -1.12. The SMILES string of the molecule is CCCN=c1c2c(ncn1CCC)CCCC2. The van der Waals surface area contributed by atoms with Gasteiger partial charge in [-0.1, -0.05) is 13.8 Å². The average molecular weight is 233 g/mol. The molecule has 0 aliphatic heterocycles. The molecule has 2 rings (SSSR count). The van der Waals surface area contributed by atoms with Crippen LogP contribution in [-0.4, -0.2) is 16.1 Å². The van der Waals surface area contributed by atoms with Crippen LogP contribution in [0.5, 0.6) is 0 Å². The van der Waals surface area contributed by atoms with Gasteiger partial charge in [0.25, 0.3) is 0 Å². The average Bonchev–Trinajstić information content (AvgIpc) is 2.37. The van der Waals surface area contributed by atoms with E-state index in [1.54, 1.807) is 0 Å². The summed E-state index contributed by atoms with van der Waals surface area (Å²) in [5.41, 5.74) is 3.91. The molecule has 94 valence electrons. The van der Waals surface area contributed by atoms with Crippen molar-refractivity contribution < 1.29 is 0 Å². The van der Waals surface area contributed by atoms with Crippen LogP contribution in [0.2, 0.25) is 0 Å². The highest BCUT2D eigenvalue weighted by atomic mass is 15.1. The number of nitrogens with zero attached hydrogens (tertiary/aromatic N) is 3. The summed E-state index contributed by atoms with van der Waals surface area (Å²) in [6.07, 6.45) is 9.11. The predicted molar refractivity (Wildman–Crippen MR) is 69.9 cm³/mol. The molecular formula is C14H23N3. The van der Waals surface area contributed by atoms with Crippen molar-refractivity contribution in [3.8, 4) is 0 Å². The van der Waals surface area contributed by atoms with E-state index in [4.69, 9.17) is 4.99 Å². The van der Waals surface area contributed by atoms with Gasteiger partial charge < -0.3 is 4.57 Å². The normalized spacial score (nSPS) is 16.0. The zero-order valence-electron chi connectivity index (χ0n) is 11.1. The van der Waals surface area contributed by atoms with E-state index in [0.29, 0.717) is 0 Å². The topological polar surface area (TPSA) is 30.2 Å². The van der Waals surface area contributed by atoms with Gasteiger partial charge in [-0.05, 0) is 38.5 Å². The van der Waals surface area contributed by atoms with Crippen LogP contribution in [0.15, 0.2) is 11.3 Å². The minimum Gasteiger partial charge on any atom is -0.317 e. The highest BCUT2D eigenvalue weighted by Crippen LogP contribution is 2.15. The molecule has 1 aliphatic rings. The van der Waals surface area contributed by atoms with E-state index in [9.17, 15) is 0 Å². The second kappa shape index (κ2) is 5.99. The van der Waals surface area contributed by atoms with Gasteiger partial charge in [-0.3, -0.25) is 4.99 Å². The second-order valence-corrected chi connectivity index (χ2v) is 4.78. The van der Waals surface area contributed by atoms with Gasteiger partial charge in [-0.15, -0.1) is 0 Å². The van der Waals surface area contributed by atoms with E-state index < -0.39 is 0 Å². The summed E-state index contributed by atoms with van der Waals surface area (Å²) in [6.45, 7) is 6.35. The lowest BCUT2D eigenvalue weighted by Gasteiger charge is -2.17. The smallest absolute Gasteiger partial charge is 0.133 e. The van der Waals surface area contributed by atoms with Gasteiger partial charge in [0.15, 0.2) is 0 Å². The largest absolute Gasteiger partial charge is 0.317 e. The van der Waals surface area contributed by atoms with Crippen LogP contribution < -0.4 is 5.49 Å². The first kappa shape index (κ1) is 12.3. The summed E-state index contributed by atoms with van der Waals surface area (Å²) < 4.78 is 2.24. The standard InChI is InChI=1S/C14H23N3/c1-3-9-15-14-12-7-5-6-8-13(12)16-11-17(14)10-4-2/h11H,3-10H2,1-2H3. The van der Waals surface area contributed by atoms with Gasteiger partial charge in [-0.25, -0.2) is 4.98 Å². The number of rotatable bonds is 4. The minimum atomic E-state index is 0.931. The Morgan fingerprint density at radius 3 is 2.82 bits per heavy atom. The first-order chi connectivity index (χ1) is 8.36. The van der Waals surface area contributed by atoms with Crippen molar-refractivity contribution >= 4 is 0 Å². The van der Waals surface area contributed by atoms with E-state index in [2.05, 4.69) is 23.4 Å². The van der Waals surface area contributed by atoms with Crippen LogP contribution in [0.3, 0.4) is 0 Å². The molecule has 1 aliphatic carbocycles. The maximum atomic E-state index is 4.78. The van der Waals surface area contributed by atoms with Crippen molar-refractivity contribution in [3.63, 3.8) is 0 Å². The molecule has 1 aromatic heterocycles. The van der Waals surface area contributed by atoms with Crippen molar-refractivity contribution in [2.45, 2.75) is 58.9 Å². The van der Waals surface area contributed by atoms with Crippen LogP contribution in [0, 0.1) is 0 Å². The summed E-state index contributed by atoms with van der Waals surface area (Å²) in [6, 6.07) is 0. The lowest BCUT2D eigenvalue weighted by molar-refractivity contribution is 0.577. The Bertz CT molecular complexity index is 432. The van der Waals surface area contributed by atoms with Crippen LogP contribution in [0.25, 0.3) is 0 Å². The summed E-state index contributed by atoms with van der Waals surface area (Å²) in [5.74, 6) is 0. The fourth-order valence-electron chi connectivity index (χ4n) is 2.45. The van der Waals surface area contributed by atoms with E-state index >= 15 is 0 Å². The Labute approximate surface area is 104 Å². The predicted octanol–water partition coefficient (Wildman–Crippen LogP) is 2.48. The van der Waals surface area contributed by atoms with Crippen molar-refractivity contribution in [1.29, 1.82) is 0 Å². The highest BCUT2D eigenvalue weighted by molar-refractivity contribution is 5.19. The summed E-state index contributed by atoms with van der Waals surface area (Å²) >= 11 is 0. The molecule has 3 nitrogen and oxygen atoms in total. The molecular weight excluding hydrogens is 210 g/mol. The molecule has 0 fully saturated rings. The first-order valence-electron chi connectivity index (χ1n) is 6.94. The zero-order valence-corrected chi connectivity index (χ0v) is 11.1. The van der Waals surface area contributed by atoms with Gasteiger partial charge in [0, 0.05) is 24.3 Å². The number of hydrogen-bond donors (Lipinski definition) is 0. The molecule has 0 amide bonds. The molecule has 0 saturated carbocycles. The van der Waals surface area contributed by atoms with Crippen molar-refractivity contribution in [2.24, 2.45) is 4.99 Å². The maximum Gasteiger partial charge on any atom is 0.133 e. The molecule has 1 heterocycles. The molecule has 0 atom stereocenters. The fraction of sp³-hybridized carbons (Fsp3) is 0.714. The van der Waals surface area contributed by atoms with Gasteiger partial charge in [-0.2, -0.15) is 0 Å². The Morgan fingerprint density at radius 1 is 1.24 bits per heavy atom. The minimum absolute atomic E-state index is 0.931. The van der Waals surface area contributed by atoms with E-state index in [0.717, 1.165) is 38.8 Å². The molecule has 0 spiro atoms. The van der Waals surface area contributed by atoms with Crippen molar-refractivity contribution in [3.05, 3.63) is 23.1 Å². The monoisotopic (exact) mass is 233 g/mol. The molecule has 17 heavy (non-hydrogen) atoms. The third-order valence-electron chi connectivity index (χ3n) is 3.28. The maximum absolute atomic E-state index is 4.78. The number of aromatic nitrogens is 2. The summed E-state index contributed by atoms with van der Waals surface area (Å²) in [4.78, 5) is 9.39. The Balaban J connectivity index is 2.47. The molecule has 0 unspecified atom stereocenters. The summed E-state index contributed by atoms with van der Waals surface area (Å²) in [7, 11) is 0. The quantitative estimate of drug-likeness (QED) is 0.786. The van der Waals surface area contributed by atoms with E-state index in [1.807, 2.05) is 6.33 Å². The Kier molecular flexibility index (Phi) is 4.35. The van der Waals surface area contributed by atoms with Gasteiger partial charge in [0.1, 0.15) is 5.49 Å². The fourth-order valence-corrected chi connectivity index (χ4v) is 2.45. The van der Waals surface area contributed by atoms with Crippen LogP contribution in [-0.2, 0) is 19.4 Å².